The quantitative estimate of drug-likeness (QED) is 0.626. The van der Waals surface area contributed by atoms with Gasteiger partial charge in [-0.3, -0.25) is 14.5 Å². The first-order valence-corrected chi connectivity index (χ1v) is 5.62. The van der Waals surface area contributed by atoms with Crippen molar-refractivity contribution in [1.29, 1.82) is 0 Å². The standard InChI is InChI=1S/C11H19NO5/c1-15-10(13)3-4-12-5-6-17-8-9(12)7-11(14)16-2/h9H,3-8H2,1-2H3/t9-/m0/s1. The highest BCUT2D eigenvalue weighted by molar-refractivity contribution is 5.70. The number of hydrogen-bond donors (Lipinski definition) is 0. The molecule has 1 aliphatic heterocycles. The van der Waals surface area contributed by atoms with Crippen molar-refractivity contribution in [3.63, 3.8) is 0 Å². The predicted octanol–water partition coefficient (Wildman–Crippen LogP) is -0.187. The van der Waals surface area contributed by atoms with E-state index in [9.17, 15) is 9.59 Å². The summed E-state index contributed by atoms with van der Waals surface area (Å²) in [6, 6.07) is -0.0131. The maximum absolute atomic E-state index is 11.2. The average Bonchev–Trinajstić information content (AvgIpc) is 2.37. The van der Waals surface area contributed by atoms with Crippen molar-refractivity contribution in [2.75, 3.05) is 40.5 Å². The summed E-state index contributed by atoms with van der Waals surface area (Å²) in [7, 11) is 2.73. The topological polar surface area (TPSA) is 65.1 Å². The lowest BCUT2D eigenvalue weighted by Crippen LogP contribution is -2.47. The number of morpholine rings is 1. The number of esters is 2. The van der Waals surface area contributed by atoms with Crippen LogP contribution in [0.1, 0.15) is 12.8 Å². The number of methoxy groups -OCH3 is 2. The van der Waals surface area contributed by atoms with Crippen molar-refractivity contribution in [1.82, 2.24) is 4.90 Å². The minimum Gasteiger partial charge on any atom is -0.469 e. The van der Waals surface area contributed by atoms with Gasteiger partial charge >= 0.3 is 11.9 Å². The van der Waals surface area contributed by atoms with E-state index in [1.165, 1.54) is 14.2 Å². The first-order valence-electron chi connectivity index (χ1n) is 5.62. The fourth-order valence-electron chi connectivity index (χ4n) is 1.78. The maximum atomic E-state index is 11.2. The Hall–Kier alpha value is -1.14. The van der Waals surface area contributed by atoms with E-state index in [1.807, 2.05) is 0 Å². The molecule has 98 valence electrons. The van der Waals surface area contributed by atoms with Crippen LogP contribution >= 0.6 is 0 Å². The number of carbonyl (C=O) groups excluding carboxylic acids is 2. The van der Waals surface area contributed by atoms with Crippen LogP contribution in [0.25, 0.3) is 0 Å². The lowest BCUT2D eigenvalue weighted by molar-refractivity contribution is -0.144. The normalized spacial score (nSPS) is 20.9. The number of ether oxygens (including phenoxy) is 3. The van der Waals surface area contributed by atoms with Gasteiger partial charge in [-0.2, -0.15) is 0 Å². The van der Waals surface area contributed by atoms with Crippen LogP contribution in [-0.2, 0) is 23.8 Å². The van der Waals surface area contributed by atoms with Gasteiger partial charge in [-0.25, -0.2) is 0 Å². The molecule has 0 spiro atoms. The molecule has 0 saturated carbocycles. The predicted molar refractivity (Wildman–Crippen MR) is 59.4 cm³/mol. The molecule has 0 amide bonds. The summed E-state index contributed by atoms with van der Waals surface area (Å²) in [5.74, 6) is -0.503. The van der Waals surface area contributed by atoms with Gasteiger partial charge < -0.3 is 14.2 Å². The molecule has 0 aliphatic carbocycles. The summed E-state index contributed by atoms with van der Waals surface area (Å²) < 4.78 is 14.6. The van der Waals surface area contributed by atoms with Crippen LogP contribution in [0.3, 0.4) is 0 Å². The molecule has 0 aromatic heterocycles. The van der Waals surface area contributed by atoms with Crippen LogP contribution in [0.15, 0.2) is 0 Å². The largest absolute Gasteiger partial charge is 0.469 e. The van der Waals surface area contributed by atoms with E-state index in [4.69, 9.17) is 4.74 Å². The molecule has 0 unspecified atom stereocenters. The van der Waals surface area contributed by atoms with E-state index in [-0.39, 0.29) is 24.4 Å². The second-order valence-electron chi connectivity index (χ2n) is 3.87. The Morgan fingerprint density at radius 1 is 1.29 bits per heavy atom. The van der Waals surface area contributed by atoms with Gasteiger partial charge in [0.1, 0.15) is 0 Å². The van der Waals surface area contributed by atoms with Gasteiger partial charge in [-0.1, -0.05) is 0 Å². The molecule has 0 radical (unpaired) electrons. The van der Waals surface area contributed by atoms with Gasteiger partial charge in [0, 0.05) is 19.1 Å². The maximum Gasteiger partial charge on any atom is 0.307 e. The van der Waals surface area contributed by atoms with Crippen LogP contribution in [0.5, 0.6) is 0 Å². The van der Waals surface area contributed by atoms with Gasteiger partial charge in [-0.05, 0) is 0 Å². The van der Waals surface area contributed by atoms with E-state index < -0.39 is 0 Å². The summed E-state index contributed by atoms with van der Waals surface area (Å²) in [5.41, 5.74) is 0. The average molecular weight is 245 g/mol. The number of nitrogens with zero attached hydrogens (tertiary/aromatic N) is 1. The highest BCUT2D eigenvalue weighted by Gasteiger charge is 2.25. The van der Waals surface area contributed by atoms with Gasteiger partial charge in [0.2, 0.25) is 0 Å². The fourth-order valence-corrected chi connectivity index (χ4v) is 1.78. The molecule has 17 heavy (non-hydrogen) atoms. The van der Waals surface area contributed by atoms with Gasteiger partial charge in [0.15, 0.2) is 0 Å². The van der Waals surface area contributed by atoms with Crippen LogP contribution in [0.4, 0.5) is 0 Å². The second-order valence-corrected chi connectivity index (χ2v) is 3.87. The van der Waals surface area contributed by atoms with Crippen molar-refractivity contribution < 1.29 is 23.8 Å². The molecule has 6 heteroatoms. The van der Waals surface area contributed by atoms with Crippen LogP contribution in [0, 0.1) is 0 Å². The van der Waals surface area contributed by atoms with Crippen molar-refractivity contribution in [3.05, 3.63) is 0 Å². The smallest absolute Gasteiger partial charge is 0.307 e. The van der Waals surface area contributed by atoms with Crippen molar-refractivity contribution >= 4 is 11.9 Å². The Balaban J connectivity index is 2.42. The summed E-state index contributed by atoms with van der Waals surface area (Å²) >= 11 is 0. The minimum atomic E-state index is -0.261. The second kappa shape index (κ2) is 7.24. The molecule has 0 aromatic carbocycles. The molecular formula is C11H19NO5. The number of rotatable bonds is 5. The summed E-state index contributed by atoms with van der Waals surface area (Å²) in [6.45, 7) is 2.42. The molecule has 1 fully saturated rings. The highest BCUT2D eigenvalue weighted by Crippen LogP contribution is 2.11. The summed E-state index contributed by atoms with van der Waals surface area (Å²) in [5, 5.41) is 0. The fraction of sp³-hybridized carbons (Fsp3) is 0.818. The van der Waals surface area contributed by atoms with Crippen LogP contribution in [-0.4, -0.2) is 63.4 Å². The van der Waals surface area contributed by atoms with E-state index in [0.29, 0.717) is 26.2 Å². The molecular weight excluding hydrogens is 226 g/mol. The third-order valence-corrected chi connectivity index (χ3v) is 2.81. The molecule has 1 aliphatic rings. The zero-order valence-corrected chi connectivity index (χ0v) is 10.3. The Morgan fingerprint density at radius 3 is 2.65 bits per heavy atom. The first kappa shape index (κ1) is 13.9. The number of hydrogen-bond acceptors (Lipinski definition) is 6. The zero-order valence-electron chi connectivity index (χ0n) is 10.3. The molecule has 0 aromatic rings. The van der Waals surface area contributed by atoms with Gasteiger partial charge in [0.25, 0.3) is 0 Å². The third-order valence-electron chi connectivity index (χ3n) is 2.81. The van der Waals surface area contributed by atoms with Crippen LogP contribution < -0.4 is 0 Å². The van der Waals surface area contributed by atoms with E-state index >= 15 is 0 Å². The van der Waals surface area contributed by atoms with Gasteiger partial charge in [-0.15, -0.1) is 0 Å². The number of carbonyl (C=O) groups is 2. The molecule has 1 heterocycles. The van der Waals surface area contributed by atoms with Crippen molar-refractivity contribution in [2.45, 2.75) is 18.9 Å². The van der Waals surface area contributed by atoms with E-state index in [1.54, 1.807) is 0 Å². The van der Waals surface area contributed by atoms with Crippen molar-refractivity contribution in [2.24, 2.45) is 0 Å². The molecule has 1 atom stereocenters. The van der Waals surface area contributed by atoms with E-state index in [2.05, 4.69) is 14.4 Å². The zero-order chi connectivity index (χ0) is 12.7. The highest BCUT2D eigenvalue weighted by atomic mass is 16.5. The van der Waals surface area contributed by atoms with Crippen LogP contribution in [0.2, 0.25) is 0 Å². The monoisotopic (exact) mass is 245 g/mol. The molecule has 1 rings (SSSR count). The lowest BCUT2D eigenvalue weighted by Gasteiger charge is -2.34. The Morgan fingerprint density at radius 2 is 2.00 bits per heavy atom. The molecule has 0 bridgehead atoms. The lowest BCUT2D eigenvalue weighted by atomic mass is 10.1. The Labute approximate surface area is 101 Å². The van der Waals surface area contributed by atoms with Crippen molar-refractivity contribution in [3.8, 4) is 0 Å². The van der Waals surface area contributed by atoms with E-state index in [0.717, 1.165) is 6.54 Å². The molecule has 6 nitrogen and oxygen atoms in total. The minimum absolute atomic E-state index is 0.0131. The molecule has 1 saturated heterocycles. The SMILES string of the molecule is COC(=O)CCN1CCOC[C@@H]1CC(=O)OC. The Bertz CT molecular complexity index is 269. The Kier molecular flexibility index (Phi) is 5.93. The first-order chi connectivity index (χ1) is 8.17. The summed E-state index contributed by atoms with van der Waals surface area (Å²) in [6.07, 6.45) is 0.617. The third kappa shape index (κ3) is 4.70. The van der Waals surface area contributed by atoms with Gasteiger partial charge in [0.05, 0.1) is 40.3 Å². The molecule has 0 N–H and O–H groups in total. The summed E-state index contributed by atoms with van der Waals surface area (Å²) in [4.78, 5) is 24.4.